The Hall–Kier alpha value is -1.63. The second-order valence-electron chi connectivity index (χ2n) is 8.41. The van der Waals surface area contributed by atoms with Gasteiger partial charge in [-0.05, 0) is 56.9 Å². The number of nitrogens with one attached hydrogen (secondary N) is 3. The van der Waals surface area contributed by atoms with E-state index in [0.717, 1.165) is 64.5 Å². The SMILES string of the molecule is CC(=O)NC(C(=O)N1CCCC(CNC(=O)C2CCCN2)C1)C1CCCC1. The van der Waals surface area contributed by atoms with Crippen LogP contribution in [0.15, 0.2) is 0 Å². The average molecular weight is 379 g/mol. The summed E-state index contributed by atoms with van der Waals surface area (Å²) >= 11 is 0. The van der Waals surface area contributed by atoms with Crippen LogP contribution in [0.2, 0.25) is 0 Å². The van der Waals surface area contributed by atoms with E-state index in [9.17, 15) is 14.4 Å². The summed E-state index contributed by atoms with van der Waals surface area (Å²) in [6.45, 7) is 4.43. The van der Waals surface area contributed by atoms with Crippen molar-refractivity contribution in [1.29, 1.82) is 0 Å². The fourth-order valence-electron chi connectivity index (χ4n) is 4.80. The smallest absolute Gasteiger partial charge is 0.245 e. The fourth-order valence-corrected chi connectivity index (χ4v) is 4.80. The van der Waals surface area contributed by atoms with Crippen molar-refractivity contribution < 1.29 is 14.4 Å². The lowest BCUT2D eigenvalue weighted by Gasteiger charge is -2.36. The highest BCUT2D eigenvalue weighted by atomic mass is 16.2. The van der Waals surface area contributed by atoms with Gasteiger partial charge in [0, 0.05) is 26.6 Å². The topological polar surface area (TPSA) is 90.5 Å². The van der Waals surface area contributed by atoms with E-state index in [2.05, 4.69) is 16.0 Å². The minimum atomic E-state index is -0.388. The van der Waals surface area contributed by atoms with Gasteiger partial charge in [0.25, 0.3) is 0 Å². The van der Waals surface area contributed by atoms with Crippen LogP contribution in [0, 0.1) is 11.8 Å². The van der Waals surface area contributed by atoms with Crippen LogP contribution < -0.4 is 16.0 Å². The second kappa shape index (κ2) is 9.53. The third-order valence-corrected chi connectivity index (χ3v) is 6.27. The lowest BCUT2D eigenvalue weighted by atomic mass is 9.93. The molecular weight excluding hydrogens is 344 g/mol. The first-order chi connectivity index (χ1) is 13.0. The molecule has 27 heavy (non-hydrogen) atoms. The zero-order valence-electron chi connectivity index (χ0n) is 16.5. The standard InChI is InChI=1S/C20H34N4O3/c1-14(25)23-18(16-7-2-3-8-16)20(27)24-11-5-6-15(13-24)12-22-19(26)17-9-4-10-21-17/h15-18,21H,2-13H2,1H3,(H,22,26)(H,23,25). The molecule has 2 saturated heterocycles. The number of hydrogen-bond acceptors (Lipinski definition) is 4. The van der Waals surface area contributed by atoms with Crippen molar-refractivity contribution in [3.8, 4) is 0 Å². The zero-order chi connectivity index (χ0) is 19.2. The van der Waals surface area contributed by atoms with E-state index in [4.69, 9.17) is 0 Å². The number of carbonyl (C=O) groups is 3. The third kappa shape index (κ3) is 5.43. The molecule has 2 heterocycles. The second-order valence-corrected chi connectivity index (χ2v) is 8.41. The Morgan fingerprint density at radius 2 is 1.85 bits per heavy atom. The maximum atomic E-state index is 13.1. The predicted octanol–water partition coefficient (Wildman–Crippen LogP) is 0.788. The van der Waals surface area contributed by atoms with Crippen LogP contribution in [-0.2, 0) is 14.4 Å². The van der Waals surface area contributed by atoms with Crippen molar-refractivity contribution in [1.82, 2.24) is 20.9 Å². The Bertz CT molecular complexity index is 541. The third-order valence-electron chi connectivity index (χ3n) is 6.27. The largest absolute Gasteiger partial charge is 0.354 e. The Morgan fingerprint density at radius 1 is 1.07 bits per heavy atom. The van der Waals surface area contributed by atoms with Gasteiger partial charge in [-0.15, -0.1) is 0 Å². The molecule has 3 aliphatic rings. The molecule has 3 amide bonds. The molecule has 2 aliphatic heterocycles. The number of likely N-dealkylation sites (tertiary alicyclic amines) is 1. The van der Waals surface area contributed by atoms with Crippen LogP contribution in [-0.4, -0.2) is 60.9 Å². The molecule has 0 aromatic carbocycles. The number of rotatable bonds is 6. The molecule has 3 unspecified atom stereocenters. The van der Waals surface area contributed by atoms with Crippen molar-refractivity contribution in [2.24, 2.45) is 11.8 Å². The van der Waals surface area contributed by atoms with E-state index in [1.165, 1.54) is 6.92 Å². The van der Waals surface area contributed by atoms with Gasteiger partial charge in [-0.2, -0.15) is 0 Å². The maximum absolute atomic E-state index is 13.1. The van der Waals surface area contributed by atoms with Gasteiger partial charge in [0.05, 0.1) is 6.04 Å². The van der Waals surface area contributed by atoms with Gasteiger partial charge >= 0.3 is 0 Å². The molecular formula is C20H34N4O3. The Balaban J connectivity index is 1.52. The summed E-state index contributed by atoms with van der Waals surface area (Å²) in [7, 11) is 0. The molecule has 152 valence electrons. The zero-order valence-corrected chi connectivity index (χ0v) is 16.5. The van der Waals surface area contributed by atoms with Crippen LogP contribution >= 0.6 is 0 Å². The van der Waals surface area contributed by atoms with Crippen LogP contribution in [0.3, 0.4) is 0 Å². The first-order valence-corrected chi connectivity index (χ1v) is 10.6. The van der Waals surface area contributed by atoms with Gasteiger partial charge in [-0.1, -0.05) is 12.8 Å². The molecule has 7 nitrogen and oxygen atoms in total. The van der Waals surface area contributed by atoms with E-state index >= 15 is 0 Å². The minimum Gasteiger partial charge on any atom is -0.354 e. The van der Waals surface area contributed by atoms with Crippen LogP contribution in [0.1, 0.15) is 58.3 Å². The molecule has 7 heteroatoms. The van der Waals surface area contributed by atoms with Gasteiger partial charge in [-0.3, -0.25) is 14.4 Å². The lowest BCUT2D eigenvalue weighted by molar-refractivity contribution is -0.139. The van der Waals surface area contributed by atoms with E-state index < -0.39 is 0 Å². The van der Waals surface area contributed by atoms with Gasteiger partial charge in [0.2, 0.25) is 17.7 Å². The molecule has 3 rings (SSSR count). The van der Waals surface area contributed by atoms with Crippen molar-refractivity contribution in [3.05, 3.63) is 0 Å². The molecule has 3 fully saturated rings. The molecule has 0 spiro atoms. The lowest BCUT2D eigenvalue weighted by Crippen LogP contribution is -2.54. The van der Waals surface area contributed by atoms with Crippen molar-refractivity contribution in [2.75, 3.05) is 26.2 Å². The summed E-state index contributed by atoms with van der Waals surface area (Å²) in [5, 5.41) is 9.19. The Labute approximate surface area is 162 Å². The number of amides is 3. The van der Waals surface area contributed by atoms with Crippen molar-refractivity contribution in [3.63, 3.8) is 0 Å². The van der Waals surface area contributed by atoms with Crippen LogP contribution in [0.4, 0.5) is 0 Å². The Morgan fingerprint density at radius 3 is 2.52 bits per heavy atom. The Kier molecular flexibility index (Phi) is 7.10. The number of nitrogens with zero attached hydrogens (tertiary/aromatic N) is 1. The van der Waals surface area contributed by atoms with E-state index in [0.29, 0.717) is 13.1 Å². The highest BCUT2D eigenvalue weighted by Gasteiger charge is 2.36. The summed E-state index contributed by atoms with van der Waals surface area (Å²) in [6, 6.07) is -0.445. The predicted molar refractivity (Wildman–Crippen MR) is 103 cm³/mol. The molecule has 3 atom stereocenters. The summed E-state index contributed by atoms with van der Waals surface area (Å²) < 4.78 is 0. The highest BCUT2D eigenvalue weighted by Crippen LogP contribution is 2.29. The normalized spacial score (nSPS) is 27.4. The number of carbonyl (C=O) groups excluding carboxylic acids is 3. The summed E-state index contributed by atoms with van der Waals surface area (Å²) in [4.78, 5) is 38.9. The van der Waals surface area contributed by atoms with Crippen LogP contribution in [0.5, 0.6) is 0 Å². The average Bonchev–Trinajstić information content (AvgIpc) is 3.37. The molecule has 1 saturated carbocycles. The summed E-state index contributed by atoms with van der Waals surface area (Å²) in [6.07, 6.45) is 8.23. The van der Waals surface area contributed by atoms with Crippen molar-refractivity contribution >= 4 is 17.7 Å². The van der Waals surface area contributed by atoms with Gasteiger partial charge in [0.1, 0.15) is 6.04 Å². The molecule has 1 aliphatic carbocycles. The molecule has 0 radical (unpaired) electrons. The molecule has 0 aromatic heterocycles. The fraction of sp³-hybridized carbons (Fsp3) is 0.850. The molecule has 0 bridgehead atoms. The number of hydrogen-bond donors (Lipinski definition) is 3. The van der Waals surface area contributed by atoms with E-state index in [1.807, 2.05) is 4.90 Å². The first kappa shape index (κ1) is 20.1. The van der Waals surface area contributed by atoms with E-state index in [1.54, 1.807) is 0 Å². The van der Waals surface area contributed by atoms with Crippen LogP contribution in [0.25, 0.3) is 0 Å². The monoisotopic (exact) mass is 378 g/mol. The van der Waals surface area contributed by atoms with Crippen molar-refractivity contribution in [2.45, 2.75) is 70.4 Å². The maximum Gasteiger partial charge on any atom is 0.245 e. The number of piperidine rings is 1. The molecule has 0 aromatic rings. The highest BCUT2D eigenvalue weighted by molar-refractivity contribution is 5.87. The molecule has 3 N–H and O–H groups in total. The minimum absolute atomic E-state index is 0.0576. The quantitative estimate of drug-likeness (QED) is 0.637. The van der Waals surface area contributed by atoms with Gasteiger partial charge < -0.3 is 20.9 Å². The first-order valence-electron chi connectivity index (χ1n) is 10.6. The summed E-state index contributed by atoms with van der Waals surface area (Å²) in [5.74, 6) is 0.554. The van der Waals surface area contributed by atoms with Gasteiger partial charge in [0.15, 0.2) is 0 Å². The van der Waals surface area contributed by atoms with E-state index in [-0.39, 0.29) is 41.6 Å². The van der Waals surface area contributed by atoms with Gasteiger partial charge in [-0.25, -0.2) is 0 Å². The summed E-state index contributed by atoms with van der Waals surface area (Å²) in [5.41, 5.74) is 0.